The van der Waals surface area contributed by atoms with Crippen LogP contribution < -0.4 is 29.8 Å². The molecule has 55 heavy (non-hydrogen) atoms. The Labute approximate surface area is 312 Å². The zero-order chi connectivity index (χ0) is 38.7. The first-order chi connectivity index (χ1) is 26.5. The van der Waals surface area contributed by atoms with Crippen LogP contribution in [0.4, 0.5) is 0 Å². The van der Waals surface area contributed by atoms with Crippen LogP contribution in [0.1, 0.15) is 45.7 Å². The highest BCUT2D eigenvalue weighted by atomic mass is 16.7. The van der Waals surface area contributed by atoms with E-state index in [9.17, 15) is 29.4 Å². The molecule has 12 heteroatoms. The molecule has 2 N–H and O–H groups in total. The van der Waals surface area contributed by atoms with Gasteiger partial charge in [0.25, 0.3) is 0 Å². The van der Waals surface area contributed by atoms with Gasteiger partial charge in [-0.25, -0.2) is 9.59 Å². The number of carbonyl (C=O) groups excluding carboxylic acids is 2. The third kappa shape index (κ3) is 5.60. The molecule has 0 saturated heterocycles. The molecule has 0 amide bonds. The zero-order valence-electron chi connectivity index (χ0n) is 30.2. The summed E-state index contributed by atoms with van der Waals surface area (Å²) in [6.07, 6.45) is -1.74. The molecule has 0 saturated carbocycles. The van der Waals surface area contributed by atoms with Crippen LogP contribution in [0, 0.1) is 0 Å². The van der Waals surface area contributed by atoms with E-state index in [4.69, 9.17) is 28.4 Å². The number of ether oxygens (including phenoxy) is 6. The highest BCUT2D eigenvalue weighted by Gasteiger charge is 2.34. The van der Waals surface area contributed by atoms with Gasteiger partial charge in [-0.15, -0.1) is 0 Å². The van der Waals surface area contributed by atoms with Gasteiger partial charge in [0.15, 0.2) is 33.9 Å². The third-order valence-electron chi connectivity index (χ3n) is 10.0. The van der Waals surface area contributed by atoms with Gasteiger partial charge in [-0.3, -0.25) is 9.59 Å². The first-order valence-electron chi connectivity index (χ1n) is 17.5. The van der Waals surface area contributed by atoms with E-state index >= 15 is 0 Å². The van der Waals surface area contributed by atoms with Crippen LogP contribution in [0.15, 0.2) is 82.4 Å². The van der Waals surface area contributed by atoms with E-state index in [0.717, 1.165) is 0 Å². The number of aromatic hydroxyl groups is 2. The van der Waals surface area contributed by atoms with Crippen molar-refractivity contribution in [2.24, 2.45) is 0 Å². The lowest BCUT2D eigenvalue weighted by molar-refractivity contribution is 0.0331. The van der Waals surface area contributed by atoms with Gasteiger partial charge in [0.2, 0.25) is 6.79 Å². The molecule has 0 fully saturated rings. The van der Waals surface area contributed by atoms with E-state index in [1.165, 1.54) is 26.4 Å². The SMILES string of the molecule is COc1c(O)c2c(=O)cc3c4c5c(cc(=O)c6c(O)c(OC)c(C[C@H](C)OC(=O)c7ccccc7)c(c(c1C[C@H](C)OC(=O)c1ccccc1)c24)c65)OCO3. The van der Waals surface area contributed by atoms with Crippen molar-refractivity contribution in [1.29, 1.82) is 0 Å². The van der Waals surface area contributed by atoms with Crippen molar-refractivity contribution >= 4 is 55.0 Å². The zero-order valence-corrected chi connectivity index (χ0v) is 30.2. The maximum Gasteiger partial charge on any atom is 0.338 e. The molecule has 2 atom stereocenters. The maximum absolute atomic E-state index is 14.0. The summed E-state index contributed by atoms with van der Waals surface area (Å²) in [4.78, 5) is 54.4. The molecular weight excluding hydrogens is 708 g/mol. The second-order valence-electron chi connectivity index (χ2n) is 13.4. The Morgan fingerprint density at radius 1 is 0.600 bits per heavy atom. The molecular formula is C43H34O12. The van der Waals surface area contributed by atoms with E-state index in [2.05, 4.69) is 0 Å². The molecule has 12 nitrogen and oxygen atoms in total. The van der Waals surface area contributed by atoms with Gasteiger partial charge in [-0.2, -0.15) is 0 Å². The lowest BCUT2D eigenvalue weighted by Crippen LogP contribution is -2.19. The number of carbonyl (C=O) groups is 2. The maximum atomic E-state index is 14.0. The fraction of sp³-hybridized carbons (Fsp3) is 0.209. The number of esters is 2. The molecule has 7 aromatic rings. The molecule has 278 valence electrons. The van der Waals surface area contributed by atoms with Crippen LogP contribution in [0.5, 0.6) is 34.5 Å². The molecule has 0 bridgehead atoms. The topological polar surface area (TPSA) is 164 Å². The van der Waals surface area contributed by atoms with Crippen molar-refractivity contribution in [3.63, 3.8) is 0 Å². The van der Waals surface area contributed by atoms with Crippen molar-refractivity contribution in [3.05, 3.63) is 115 Å². The fourth-order valence-corrected chi connectivity index (χ4v) is 7.85. The minimum absolute atomic E-state index is 0.0439. The lowest BCUT2D eigenvalue weighted by Gasteiger charge is -2.26. The molecule has 1 heterocycles. The molecule has 0 aliphatic carbocycles. The van der Waals surface area contributed by atoms with Gasteiger partial charge in [0.05, 0.1) is 36.1 Å². The average molecular weight is 743 g/mol. The lowest BCUT2D eigenvalue weighted by atomic mass is 9.81. The minimum atomic E-state index is -0.824. The second kappa shape index (κ2) is 13.5. The van der Waals surface area contributed by atoms with Gasteiger partial charge in [-0.1, -0.05) is 36.4 Å². The van der Waals surface area contributed by atoms with Gasteiger partial charge >= 0.3 is 11.9 Å². The number of phenols is 2. The quantitative estimate of drug-likeness (QED) is 0.0875. The van der Waals surface area contributed by atoms with E-state index in [0.29, 0.717) is 43.8 Å². The smallest absolute Gasteiger partial charge is 0.338 e. The molecule has 0 unspecified atom stereocenters. The number of hydrogen-bond acceptors (Lipinski definition) is 12. The monoisotopic (exact) mass is 742 g/mol. The standard InChI is InChI=1S/C43H34O12/c1-20(54-42(48)22-11-7-5-8-12-22)15-24-30-31-25(16-21(2)55-43(49)23-13-9-6-10-14-23)41(51-4)39(47)33-27(45)18-29-35(37(31)33)34-28(52-19-53-29)17-26(44)32(36(30)34)38(46)40(24)50-3/h5-14,17-18,20-21,46-47H,15-16,19H2,1-4H3/t20-,21-/m0/s1. The van der Waals surface area contributed by atoms with Crippen LogP contribution in [0.3, 0.4) is 0 Å². The summed E-state index contributed by atoms with van der Waals surface area (Å²) in [5, 5.41) is 25.5. The van der Waals surface area contributed by atoms with Gasteiger partial charge < -0.3 is 38.6 Å². The van der Waals surface area contributed by atoms with Crippen LogP contribution in [0.25, 0.3) is 43.1 Å². The Balaban J connectivity index is 1.49. The summed E-state index contributed by atoms with van der Waals surface area (Å²) in [6, 6.07) is 19.4. The summed E-state index contributed by atoms with van der Waals surface area (Å²) in [5.41, 5.74) is 0.151. The van der Waals surface area contributed by atoms with Crippen molar-refractivity contribution in [2.45, 2.75) is 38.9 Å². The van der Waals surface area contributed by atoms with E-state index < -0.39 is 46.5 Å². The second-order valence-corrected chi connectivity index (χ2v) is 13.4. The first-order valence-corrected chi connectivity index (χ1v) is 17.5. The minimum Gasteiger partial charge on any atom is -0.504 e. The van der Waals surface area contributed by atoms with E-state index in [-0.39, 0.29) is 64.2 Å². The fourth-order valence-electron chi connectivity index (χ4n) is 7.85. The Bertz CT molecular complexity index is 2590. The Morgan fingerprint density at radius 3 is 1.35 bits per heavy atom. The summed E-state index contributed by atoms with van der Waals surface area (Å²) >= 11 is 0. The summed E-state index contributed by atoms with van der Waals surface area (Å²) in [6.45, 7) is 3.02. The molecule has 1 aliphatic heterocycles. The van der Waals surface area contributed by atoms with Crippen LogP contribution in [0.2, 0.25) is 0 Å². The molecule has 8 rings (SSSR count). The number of benzene rings is 7. The van der Waals surface area contributed by atoms with Crippen LogP contribution in [-0.4, -0.2) is 55.4 Å². The summed E-state index contributed by atoms with van der Waals surface area (Å²) in [7, 11) is 2.68. The average Bonchev–Trinajstić information content (AvgIpc) is 3.35. The largest absolute Gasteiger partial charge is 0.504 e. The molecule has 1 aliphatic rings. The number of phenolic OH excluding ortho intramolecular Hbond substituents is 2. The summed E-state index contributed by atoms with van der Waals surface area (Å²) < 4.78 is 35.4. The number of fused-ring (bicyclic) bond motifs is 1. The van der Waals surface area contributed by atoms with Gasteiger partial charge in [0.1, 0.15) is 23.7 Å². The van der Waals surface area contributed by atoms with Crippen molar-refractivity contribution in [3.8, 4) is 34.5 Å². The van der Waals surface area contributed by atoms with Crippen LogP contribution in [-0.2, 0) is 22.3 Å². The predicted molar refractivity (Wildman–Crippen MR) is 204 cm³/mol. The number of methoxy groups -OCH3 is 2. The first kappa shape index (κ1) is 35.2. The third-order valence-corrected chi connectivity index (χ3v) is 10.0. The van der Waals surface area contributed by atoms with Gasteiger partial charge in [-0.05, 0) is 48.9 Å². The molecule has 0 radical (unpaired) electrons. The Kier molecular flexibility index (Phi) is 8.68. The van der Waals surface area contributed by atoms with Gasteiger partial charge in [0, 0.05) is 57.6 Å². The van der Waals surface area contributed by atoms with Crippen molar-refractivity contribution in [2.75, 3.05) is 21.0 Å². The highest BCUT2D eigenvalue weighted by Crippen LogP contribution is 2.56. The highest BCUT2D eigenvalue weighted by molar-refractivity contribution is 6.38. The van der Waals surface area contributed by atoms with E-state index in [1.807, 2.05) is 0 Å². The van der Waals surface area contributed by atoms with E-state index in [1.54, 1.807) is 74.5 Å². The number of hydrogen-bond donors (Lipinski definition) is 2. The Morgan fingerprint density at radius 2 is 0.982 bits per heavy atom. The summed E-state index contributed by atoms with van der Waals surface area (Å²) in [5.74, 6) is -1.93. The Hall–Kier alpha value is -6.82. The number of rotatable bonds is 10. The predicted octanol–water partition coefficient (Wildman–Crippen LogP) is 6.63. The molecule has 0 spiro atoms. The molecule has 0 aromatic heterocycles. The normalized spacial score (nSPS) is 13.4. The van der Waals surface area contributed by atoms with Crippen molar-refractivity contribution < 1.29 is 48.2 Å². The molecule has 7 aromatic carbocycles. The van der Waals surface area contributed by atoms with Crippen LogP contribution >= 0.6 is 0 Å². The van der Waals surface area contributed by atoms with Crippen molar-refractivity contribution in [1.82, 2.24) is 0 Å².